The number of piperidine rings is 1. The first-order valence-corrected chi connectivity index (χ1v) is 7.61. The smallest absolute Gasteiger partial charge is 0.263 e. The number of nitrogens with zero attached hydrogens (tertiary/aromatic N) is 3. The summed E-state index contributed by atoms with van der Waals surface area (Å²) in [4.78, 5) is 20.6. The molecule has 1 atom stereocenters. The molecule has 2 aromatic heterocycles. The minimum absolute atomic E-state index is 0.119. The summed E-state index contributed by atoms with van der Waals surface area (Å²) in [5.74, 6) is 1.61. The second-order valence-electron chi connectivity index (χ2n) is 5.17. The van der Waals surface area contributed by atoms with E-state index in [1.807, 2.05) is 24.0 Å². The largest absolute Gasteiger partial charge is 0.340 e. The van der Waals surface area contributed by atoms with Crippen LogP contribution >= 0.6 is 11.3 Å². The van der Waals surface area contributed by atoms with Crippen molar-refractivity contribution in [3.8, 4) is 0 Å². The Labute approximate surface area is 121 Å². The van der Waals surface area contributed by atoms with Gasteiger partial charge in [-0.1, -0.05) is 5.16 Å². The molecule has 2 aromatic rings. The van der Waals surface area contributed by atoms with E-state index in [0.717, 1.165) is 35.0 Å². The number of rotatable bonds is 2. The molecule has 0 aliphatic carbocycles. The van der Waals surface area contributed by atoms with Gasteiger partial charge < -0.3 is 9.42 Å². The van der Waals surface area contributed by atoms with Crippen LogP contribution in [-0.4, -0.2) is 34.0 Å². The normalized spacial score (nSPS) is 19.3. The first-order valence-electron chi connectivity index (χ1n) is 6.79. The van der Waals surface area contributed by atoms with Gasteiger partial charge in [0.25, 0.3) is 5.91 Å². The van der Waals surface area contributed by atoms with Gasteiger partial charge in [0.15, 0.2) is 5.82 Å². The zero-order valence-corrected chi connectivity index (χ0v) is 12.4. The number of hydrogen-bond donors (Lipinski definition) is 0. The number of aryl methyl sites for hydroxylation is 2. The molecule has 1 fully saturated rings. The van der Waals surface area contributed by atoms with Crippen LogP contribution in [0.3, 0.4) is 0 Å². The SMILES string of the molecule is Cc1nc([C@H]2CCCN(C(=O)c3ccc(C)s3)C2)no1. The minimum Gasteiger partial charge on any atom is -0.340 e. The van der Waals surface area contributed by atoms with E-state index in [1.54, 1.807) is 18.3 Å². The molecule has 1 aliphatic heterocycles. The third kappa shape index (κ3) is 2.60. The van der Waals surface area contributed by atoms with Crippen molar-refractivity contribution in [2.24, 2.45) is 0 Å². The lowest BCUT2D eigenvalue weighted by Gasteiger charge is -2.30. The average Bonchev–Trinajstić information content (AvgIpc) is 3.07. The highest BCUT2D eigenvalue weighted by atomic mass is 32.1. The molecule has 1 saturated heterocycles. The quantitative estimate of drug-likeness (QED) is 0.853. The molecule has 0 aromatic carbocycles. The Morgan fingerprint density at radius 3 is 2.95 bits per heavy atom. The molecule has 106 valence electrons. The van der Waals surface area contributed by atoms with Crippen molar-refractivity contribution in [2.45, 2.75) is 32.6 Å². The second kappa shape index (κ2) is 5.36. The molecule has 1 aliphatic rings. The van der Waals surface area contributed by atoms with E-state index in [4.69, 9.17) is 4.52 Å². The van der Waals surface area contributed by atoms with E-state index >= 15 is 0 Å². The summed E-state index contributed by atoms with van der Waals surface area (Å²) >= 11 is 1.55. The lowest BCUT2D eigenvalue weighted by atomic mass is 9.97. The Balaban J connectivity index is 1.73. The zero-order valence-electron chi connectivity index (χ0n) is 11.6. The van der Waals surface area contributed by atoms with Crippen molar-refractivity contribution < 1.29 is 9.32 Å². The Kier molecular flexibility index (Phi) is 3.56. The van der Waals surface area contributed by atoms with Gasteiger partial charge in [0.1, 0.15) is 0 Å². The van der Waals surface area contributed by atoms with E-state index < -0.39 is 0 Å². The van der Waals surface area contributed by atoms with Crippen LogP contribution in [0.4, 0.5) is 0 Å². The van der Waals surface area contributed by atoms with E-state index in [9.17, 15) is 4.79 Å². The minimum atomic E-state index is 0.119. The summed E-state index contributed by atoms with van der Waals surface area (Å²) in [7, 11) is 0. The molecule has 20 heavy (non-hydrogen) atoms. The third-order valence-corrected chi connectivity index (χ3v) is 4.56. The molecule has 0 saturated carbocycles. The lowest BCUT2D eigenvalue weighted by molar-refractivity contribution is 0.0708. The lowest BCUT2D eigenvalue weighted by Crippen LogP contribution is -2.39. The molecule has 3 heterocycles. The molecular formula is C14H17N3O2S. The summed E-state index contributed by atoms with van der Waals surface area (Å²) in [5.41, 5.74) is 0. The highest BCUT2D eigenvalue weighted by Crippen LogP contribution is 2.27. The predicted octanol–water partition coefficient (Wildman–Crippen LogP) is 2.77. The van der Waals surface area contributed by atoms with Gasteiger partial charge in [-0.25, -0.2) is 0 Å². The van der Waals surface area contributed by atoms with Crippen LogP contribution in [-0.2, 0) is 0 Å². The average molecular weight is 291 g/mol. The van der Waals surface area contributed by atoms with Gasteiger partial charge in [-0.3, -0.25) is 4.79 Å². The molecule has 5 nitrogen and oxygen atoms in total. The molecule has 0 unspecified atom stereocenters. The summed E-state index contributed by atoms with van der Waals surface area (Å²) in [6.07, 6.45) is 1.99. The molecule has 1 amide bonds. The maximum Gasteiger partial charge on any atom is 0.263 e. The van der Waals surface area contributed by atoms with Crippen LogP contribution in [0.1, 0.15) is 45.0 Å². The van der Waals surface area contributed by atoms with Crippen LogP contribution in [0.25, 0.3) is 0 Å². The van der Waals surface area contributed by atoms with Crippen LogP contribution in [0, 0.1) is 13.8 Å². The van der Waals surface area contributed by atoms with Crippen molar-refractivity contribution in [2.75, 3.05) is 13.1 Å². The number of amides is 1. The number of likely N-dealkylation sites (tertiary alicyclic amines) is 1. The Morgan fingerprint density at radius 2 is 2.30 bits per heavy atom. The fraction of sp³-hybridized carbons (Fsp3) is 0.500. The van der Waals surface area contributed by atoms with Crippen LogP contribution in [0.2, 0.25) is 0 Å². The summed E-state index contributed by atoms with van der Waals surface area (Å²) in [6, 6.07) is 3.90. The topological polar surface area (TPSA) is 59.2 Å². The standard InChI is InChI=1S/C14H17N3O2S/c1-9-5-6-12(20-9)14(18)17-7-3-4-11(8-17)13-15-10(2)19-16-13/h5-6,11H,3-4,7-8H2,1-2H3/t11-/m0/s1. The second-order valence-corrected chi connectivity index (χ2v) is 6.46. The highest BCUT2D eigenvalue weighted by Gasteiger charge is 2.28. The van der Waals surface area contributed by atoms with Gasteiger partial charge in [-0.05, 0) is 31.9 Å². The van der Waals surface area contributed by atoms with Gasteiger partial charge in [-0.2, -0.15) is 4.98 Å². The van der Waals surface area contributed by atoms with Gasteiger partial charge >= 0.3 is 0 Å². The first kappa shape index (κ1) is 13.3. The van der Waals surface area contributed by atoms with Crippen molar-refractivity contribution in [1.29, 1.82) is 0 Å². The number of thiophene rings is 1. The van der Waals surface area contributed by atoms with Crippen molar-refractivity contribution in [3.05, 3.63) is 33.6 Å². The summed E-state index contributed by atoms with van der Waals surface area (Å²) < 4.78 is 5.04. The molecule has 0 spiro atoms. The maximum absolute atomic E-state index is 12.5. The summed E-state index contributed by atoms with van der Waals surface area (Å²) in [6.45, 7) is 5.29. The zero-order chi connectivity index (χ0) is 14.1. The van der Waals surface area contributed by atoms with Gasteiger partial charge in [0.05, 0.1) is 4.88 Å². The number of carbonyl (C=O) groups excluding carboxylic acids is 1. The molecular weight excluding hydrogens is 274 g/mol. The van der Waals surface area contributed by atoms with Gasteiger partial charge in [0.2, 0.25) is 5.89 Å². The monoisotopic (exact) mass is 291 g/mol. The van der Waals surface area contributed by atoms with Crippen molar-refractivity contribution in [3.63, 3.8) is 0 Å². The van der Waals surface area contributed by atoms with E-state index in [2.05, 4.69) is 10.1 Å². The Morgan fingerprint density at radius 1 is 1.45 bits per heavy atom. The molecule has 3 rings (SSSR count). The number of aromatic nitrogens is 2. The van der Waals surface area contributed by atoms with Crippen molar-refractivity contribution in [1.82, 2.24) is 15.0 Å². The van der Waals surface area contributed by atoms with E-state index in [-0.39, 0.29) is 11.8 Å². The first-order chi connectivity index (χ1) is 9.63. The number of carbonyl (C=O) groups is 1. The predicted molar refractivity (Wildman–Crippen MR) is 76.0 cm³/mol. The third-order valence-electron chi connectivity index (χ3n) is 3.57. The van der Waals surface area contributed by atoms with Gasteiger partial charge in [-0.15, -0.1) is 11.3 Å². The molecule has 0 bridgehead atoms. The molecule has 0 N–H and O–H groups in total. The van der Waals surface area contributed by atoms with E-state index in [1.165, 1.54) is 0 Å². The number of hydrogen-bond acceptors (Lipinski definition) is 5. The fourth-order valence-electron chi connectivity index (χ4n) is 2.56. The molecule has 6 heteroatoms. The Bertz CT molecular complexity index is 619. The molecule has 0 radical (unpaired) electrons. The van der Waals surface area contributed by atoms with Gasteiger partial charge in [0, 0.05) is 30.8 Å². The van der Waals surface area contributed by atoms with Crippen LogP contribution < -0.4 is 0 Å². The van der Waals surface area contributed by atoms with Crippen LogP contribution in [0.15, 0.2) is 16.7 Å². The maximum atomic E-state index is 12.5. The fourth-order valence-corrected chi connectivity index (χ4v) is 3.39. The Hall–Kier alpha value is -1.69. The highest BCUT2D eigenvalue weighted by molar-refractivity contribution is 7.13. The van der Waals surface area contributed by atoms with Crippen LogP contribution in [0.5, 0.6) is 0 Å². The van der Waals surface area contributed by atoms with E-state index in [0.29, 0.717) is 12.4 Å². The van der Waals surface area contributed by atoms with Crippen molar-refractivity contribution >= 4 is 17.2 Å². The summed E-state index contributed by atoms with van der Waals surface area (Å²) in [5, 5.41) is 3.99.